The highest BCUT2D eigenvalue weighted by Crippen LogP contribution is 2.29. The monoisotopic (exact) mass is 230 g/mol. The summed E-state index contributed by atoms with van der Waals surface area (Å²) in [5.41, 5.74) is -0.199. The SMILES string of the molecule is C/N=C(/c1cccc(C(F)(F)F)c1)N(C)C. The molecule has 0 fully saturated rings. The van der Waals surface area contributed by atoms with Crippen LogP contribution in [-0.4, -0.2) is 31.9 Å². The fourth-order valence-electron chi connectivity index (χ4n) is 1.42. The molecule has 0 aromatic heterocycles. The van der Waals surface area contributed by atoms with E-state index in [-0.39, 0.29) is 0 Å². The molecule has 0 N–H and O–H groups in total. The number of rotatable bonds is 1. The van der Waals surface area contributed by atoms with Gasteiger partial charge in [-0.2, -0.15) is 13.2 Å². The topological polar surface area (TPSA) is 15.6 Å². The molecule has 0 saturated heterocycles. The first-order valence-corrected chi connectivity index (χ1v) is 4.68. The molecular weight excluding hydrogens is 217 g/mol. The van der Waals surface area contributed by atoms with Crippen LogP contribution in [0.4, 0.5) is 13.2 Å². The van der Waals surface area contributed by atoms with Crippen LogP contribution in [0.3, 0.4) is 0 Å². The van der Waals surface area contributed by atoms with Crippen molar-refractivity contribution >= 4 is 5.84 Å². The molecule has 0 atom stereocenters. The average molecular weight is 230 g/mol. The zero-order valence-electron chi connectivity index (χ0n) is 9.34. The van der Waals surface area contributed by atoms with Gasteiger partial charge in [0.1, 0.15) is 5.84 Å². The second-order valence-electron chi connectivity index (χ2n) is 3.52. The lowest BCUT2D eigenvalue weighted by Gasteiger charge is -2.16. The molecule has 0 aliphatic rings. The van der Waals surface area contributed by atoms with Crippen LogP contribution < -0.4 is 0 Å². The van der Waals surface area contributed by atoms with Gasteiger partial charge >= 0.3 is 6.18 Å². The lowest BCUT2D eigenvalue weighted by atomic mass is 10.1. The van der Waals surface area contributed by atoms with Gasteiger partial charge in [0, 0.05) is 26.7 Å². The predicted octanol–water partition coefficient (Wildman–Crippen LogP) is 2.64. The molecule has 88 valence electrons. The maximum atomic E-state index is 12.5. The predicted molar refractivity (Wildman–Crippen MR) is 57.6 cm³/mol. The number of halogens is 3. The molecule has 0 unspecified atom stereocenters. The smallest absolute Gasteiger partial charge is 0.363 e. The molecule has 0 aliphatic carbocycles. The van der Waals surface area contributed by atoms with Gasteiger partial charge in [-0.15, -0.1) is 0 Å². The average Bonchev–Trinajstić information content (AvgIpc) is 2.17. The summed E-state index contributed by atoms with van der Waals surface area (Å²) in [7, 11) is 5.03. The highest BCUT2D eigenvalue weighted by molar-refractivity contribution is 5.98. The summed E-state index contributed by atoms with van der Waals surface area (Å²) in [6.07, 6.45) is -4.32. The molecule has 1 rings (SSSR count). The third-order valence-corrected chi connectivity index (χ3v) is 2.08. The second-order valence-corrected chi connectivity index (χ2v) is 3.52. The van der Waals surface area contributed by atoms with Gasteiger partial charge < -0.3 is 4.90 Å². The van der Waals surface area contributed by atoms with Gasteiger partial charge in [0.15, 0.2) is 0 Å². The molecular formula is C11H13F3N2. The van der Waals surface area contributed by atoms with Crippen molar-refractivity contribution in [1.29, 1.82) is 0 Å². The maximum Gasteiger partial charge on any atom is 0.416 e. The number of nitrogens with zero attached hydrogens (tertiary/aromatic N) is 2. The molecule has 0 bridgehead atoms. The summed E-state index contributed by atoms with van der Waals surface area (Å²) in [5.74, 6) is 0.520. The van der Waals surface area contributed by atoms with E-state index < -0.39 is 11.7 Å². The van der Waals surface area contributed by atoms with Crippen molar-refractivity contribution in [1.82, 2.24) is 4.90 Å². The van der Waals surface area contributed by atoms with Crippen molar-refractivity contribution in [3.05, 3.63) is 35.4 Å². The summed E-state index contributed by atoms with van der Waals surface area (Å²) in [4.78, 5) is 5.63. The van der Waals surface area contributed by atoms with E-state index in [4.69, 9.17) is 0 Å². The number of alkyl halides is 3. The Labute approximate surface area is 92.4 Å². The Bertz CT molecular complexity index is 394. The number of benzene rings is 1. The van der Waals surface area contributed by atoms with Crippen LogP contribution in [0, 0.1) is 0 Å². The molecule has 0 amide bonds. The van der Waals surface area contributed by atoms with E-state index in [1.54, 1.807) is 32.1 Å². The van der Waals surface area contributed by atoms with E-state index in [1.807, 2.05) is 0 Å². The first-order valence-electron chi connectivity index (χ1n) is 4.68. The summed E-state index contributed by atoms with van der Waals surface area (Å²) in [5, 5.41) is 0. The molecule has 16 heavy (non-hydrogen) atoms. The highest BCUT2D eigenvalue weighted by Gasteiger charge is 2.30. The van der Waals surface area contributed by atoms with Crippen molar-refractivity contribution in [3.63, 3.8) is 0 Å². The number of aliphatic imine (C=N–C) groups is 1. The summed E-state index contributed by atoms with van der Waals surface area (Å²) >= 11 is 0. The Morgan fingerprint density at radius 3 is 2.31 bits per heavy atom. The Hall–Kier alpha value is -1.52. The van der Waals surface area contributed by atoms with Crippen molar-refractivity contribution < 1.29 is 13.2 Å². The van der Waals surface area contributed by atoms with Crippen LogP contribution in [0.1, 0.15) is 11.1 Å². The fraction of sp³-hybridized carbons (Fsp3) is 0.364. The molecule has 5 heteroatoms. The zero-order chi connectivity index (χ0) is 12.3. The van der Waals surface area contributed by atoms with Crippen LogP contribution in [0.2, 0.25) is 0 Å². The minimum absolute atomic E-state index is 0.460. The van der Waals surface area contributed by atoms with E-state index in [9.17, 15) is 13.2 Å². The standard InChI is InChI=1S/C11H13F3N2/c1-15-10(16(2)3)8-5-4-6-9(7-8)11(12,13)14/h4-7H,1-3H3/b15-10-. The van der Waals surface area contributed by atoms with Crippen LogP contribution in [0.5, 0.6) is 0 Å². The Kier molecular flexibility index (Phi) is 3.57. The van der Waals surface area contributed by atoms with Gasteiger partial charge in [-0.1, -0.05) is 12.1 Å². The lowest BCUT2D eigenvalue weighted by Crippen LogP contribution is -2.23. The van der Waals surface area contributed by atoms with Crippen LogP contribution >= 0.6 is 0 Å². The van der Waals surface area contributed by atoms with Gasteiger partial charge in [-0.25, -0.2) is 0 Å². The van der Waals surface area contributed by atoms with E-state index in [0.717, 1.165) is 12.1 Å². The normalized spacial score (nSPS) is 12.8. The molecule has 2 nitrogen and oxygen atoms in total. The molecule has 0 saturated carbocycles. The zero-order valence-corrected chi connectivity index (χ0v) is 9.34. The first kappa shape index (κ1) is 12.5. The fourth-order valence-corrected chi connectivity index (χ4v) is 1.42. The Morgan fingerprint density at radius 2 is 1.88 bits per heavy atom. The largest absolute Gasteiger partial charge is 0.416 e. The van der Waals surface area contributed by atoms with Crippen molar-refractivity contribution in [2.75, 3.05) is 21.1 Å². The molecule has 0 radical (unpaired) electrons. The minimum atomic E-state index is -4.32. The van der Waals surface area contributed by atoms with Gasteiger partial charge in [0.05, 0.1) is 5.56 Å². The third kappa shape index (κ3) is 2.74. The van der Waals surface area contributed by atoms with Crippen LogP contribution in [-0.2, 0) is 6.18 Å². The summed E-state index contributed by atoms with van der Waals surface area (Å²) in [6.45, 7) is 0. The van der Waals surface area contributed by atoms with E-state index in [2.05, 4.69) is 4.99 Å². The molecule has 1 aromatic rings. The van der Waals surface area contributed by atoms with Gasteiger partial charge in [-0.3, -0.25) is 4.99 Å². The van der Waals surface area contributed by atoms with Crippen molar-refractivity contribution in [2.45, 2.75) is 6.18 Å². The quantitative estimate of drug-likeness (QED) is 0.535. The van der Waals surface area contributed by atoms with E-state index in [1.165, 1.54) is 6.07 Å². The molecule has 0 heterocycles. The van der Waals surface area contributed by atoms with E-state index in [0.29, 0.717) is 11.4 Å². The summed E-state index contributed by atoms with van der Waals surface area (Å²) < 4.78 is 37.4. The number of hydrogen-bond donors (Lipinski definition) is 0. The van der Waals surface area contributed by atoms with Gasteiger partial charge in [0.2, 0.25) is 0 Å². The molecule has 0 aliphatic heterocycles. The number of amidine groups is 1. The number of hydrogen-bond acceptors (Lipinski definition) is 1. The second kappa shape index (κ2) is 4.55. The molecule has 1 aromatic carbocycles. The third-order valence-electron chi connectivity index (χ3n) is 2.08. The van der Waals surface area contributed by atoms with Crippen LogP contribution in [0.15, 0.2) is 29.3 Å². The van der Waals surface area contributed by atoms with Crippen molar-refractivity contribution in [2.24, 2.45) is 4.99 Å². The summed E-state index contributed by atoms with van der Waals surface area (Å²) in [6, 6.07) is 5.14. The van der Waals surface area contributed by atoms with Crippen LogP contribution in [0.25, 0.3) is 0 Å². The minimum Gasteiger partial charge on any atom is -0.363 e. The first-order chi connectivity index (χ1) is 7.36. The van der Waals surface area contributed by atoms with Crippen molar-refractivity contribution in [3.8, 4) is 0 Å². The van der Waals surface area contributed by atoms with E-state index >= 15 is 0 Å². The lowest BCUT2D eigenvalue weighted by molar-refractivity contribution is -0.137. The Morgan fingerprint density at radius 1 is 1.25 bits per heavy atom. The Balaban J connectivity index is 3.18. The van der Waals surface area contributed by atoms with Gasteiger partial charge in [-0.05, 0) is 12.1 Å². The maximum absolute atomic E-state index is 12.5. The molecule has 0 spiro atoms. The highest BCUT2D eigenvalue weighted by atomic mass is 19.4. The van der Waals surface area contributed by atoms with Gasteiger partial charge in [0.25, 0.3) is 0 Å².